The Kier molecular flexibility index (Phi) is 3.89. The van der Waals surface area contributed by atoms with E-state index in [9.17, 15) is 18.6 Å². The van der Waals surface area contributed by atoms with Gasteiger partial charge in [-0.05, 0) is 66.9 Å². The number of rotatable bonds is 2. The molecule has 4 rings (SSSR count). The van der Waals surface area contributed by atoms with Crippen molar-refractivity contribution in [3.05, 3.63) is 71.8 Å². The number of sulfonamides is 1. The van der Waals surface area contributed by atoms with Gasteiger partial charge in [-0.3, -0.25) is 4.31 Å². The fraction of sp³-hybridized carbons (Fsp3) is 0.143. The highest BCUT2D eigenvalue weighted by atomic mass is 32.2. The first-order chi connectivity index (χ1) is 12.8. The smallest absolute Gasteiger partial charge is 0.264 e. The van der Waals surface area contributed by atoms with E-state index in [1.807, 2.05) is 19.1 Å². The van der Waals surface area contributed by atoms with Crippen LogP contribution in [0.5, 0.6) is 11.5 Å². The van der Waals surface area contributed by atoms with E-state index in [0.717, 1.165) is 16.7 Å². The fourth-order valence-corrected chi connectivity index (χ4v) is 5.35. The van der Waals surface area contributed by atoms with E-state index in [4.69, 9.17) is 0 Å². The monoisotopic (exact) mass is 381 g/mol. The summed E-state index contributed by atoms with van der Waals surface area (Å²) in [6.07, 6.45) is 0. The molecule has 3 aromatic rings. The molecule has 1 unspecified atom stereocenters. The molecular weight excluding hydrogens is 362 g/mol. The lowest BCUT2D eigenvalue weighted by Crippen LogP contribution is -2.36. The Hall–Kier alpha value is -2.99. The van der Waals surface area contributed by atoms with Crippen LogP contribution in [0.25, 0.3) is 11.1 Å². The molecule has 0 saturated carbocycles. The number of nitrogens with zero attached hydrogens (tertiary/aromatic N) is 1. The van der Waals surface area contributed by atoms with Crippen LogP contribution in [0.3, 0.4) is 0 Å². The van der Waals surface area contributed by atoms with Crippen LogP contribution in [-0.2, 0) is 10.0 Å². The van der Waals surface area contributed by atoms with E-state index >= 15 is 0 Å². The van der Waals surface area contributed by atoms with Gasteiger partial charge in [0.15, 0.2) is 0 Å². The molecule has 5 nitrogen and oxygen atoms in total. The predicted molar refractivity (Wildman–Crippen MR) is 104 cm³/mol. The SMILES string of the molecule is Cc1cc(S(=O)(=O)N2c3ccccc3-c3cc(O)ccc3C2C)ccc1O. The lowest BCUT2D eigenvalue weighted by molar-refractivity contribution is 0.470. The van der Waals surface area contributed by atoms with E-state index in [2.05, 4.69) is 0 Å². The van der Waals surface area contributed by atoms with Crippen LogP contribution in [0, 0.1) is 6.92 Å². The van der Waals surface area contributed by atoms with Gasteiger partial charge in [0.25, 0.3) is 10.0 Å². The Morgan fingerprint density at radius 1 is 0.926 bits per heavy atom. The van der Waals surface area contributed by atoms with Crippen molar-refractivity contribution in [3.8, 4) is 22.6 Å². The minimum atomic E-state index is -3.86. The summed E-state index contributed by atoms with van der Waals surface area (Å²) in [5, 5.41) is 19.7. The molecule has 0 aromatic heterocycles. The maximum Gasteiger partial charge on any atom is 0.264 e. The van der Waals surface area contributed by atoms with Crippen LogP contribution in [-0.4, -0.2) is 18.6 Å². The molecule has 1 aliphatic heterocycles. The summed E-state index contributed by atoms with van der Waals surface area (Å²) in [5.41, 5.74) is 3.46. The van der Waals surface area contributed by atoms with Crippen molar-refractivity contribution in [1.29, 1.82) is 0 Å². The Morgan fingerprint density at radius 2 is 1.67 bits per heavy atom. The molecule has 1 aliphatic rings. The molecule has 1 atom stereocenters. The highest BCUT2D eigenvalue weighted by molar-refractivity contribution is 7.92. The molecule has 1 heterocycles. The van der Waals surface area contributed by atoms with E-state index < -0.39 is 16.1 Å². The molecule has 0 saturated heterocycles. The quantitative estimate of drug-likeness (QED) is 0.692. The molecule has 2 N–H and O–H groups in total. The molecule has 0 aliphatic carbocycles. The van der Waals surface area contributed by atoms with Crippen LogP contribution in [0.1, 0.15) is 24.1 Å². The van der Waals surface area contributed by atoms with Gasteiger partial charge in [0.05, 0.1) is 16.6 Å². The number of phenolic OH excluding ortho intramolecular Hbond substituents is 2. The highest BCUT2D eigenvalue weighted by Crippen LogP contribution is 2.47. The molecule has 0 spiro atoms. The summed E-state index contributed by atoms with van der Waals surface area (Å²) in [4.78, 5) is 0.127. The third-order valence-electron chi connectivity index (χ3n) is 5.00. The average Bonchev–Trinajstić information content (AvgIpc) is 2.63. The molecule has 3 aromatic carbocycles. The van der Waals surface area contributed by atoms with Crippen LogP contribution in [0.4, 0.5) is 5.69 Å². The number of hydrogen-bond donors (Lipinski definition) is 2. The van der Waals surface area contributed by atoms with Crippen molar-refractivity contribution in [3.63, 3.8) is 0 Å². The summed E-state index contributed by atoms with van der Waals surface area (Å²) in [5.74, 6) is 0.197. The summed E-state index contributed by atoms with van der Waals surface area (Å²) >= 11 is 0. The maximum atomic E-state index is 13.5. The van der Waals surface area contributed by atoms with Crippen molar-refractivity contribution in [1.82, 2.24) is 0 Å². The number of hydrogen-bond acceptors (Lipinski definition) is 4. The number of aromatic hydroxyl groups is 2. The summed E-state index contributed by atoms with van der Waals surface area (Å²) in [6, 6.07) is 16.1. The minimum Gasteiger partial charge on any atom is -0.508 e. The molecular formula is C21H19NO4S. The van der Waals surface area contributed by atoms with Gasteiger partial charge < -0.3 is 10.2 Å². The van der Waals surface area contributed by atoms with Crippen LogP contribution >= 0.6 is 0 Å². The third-order valence-corrected chi connectivity index (χ3v) is 6.88. The lowest BCUT2D eigenvalue weighted by Gasteiger charge is -2.37. The summed E-state index contributed by atoms with van der Waals surface area (Å²) < 4.78 is 28.4. The number of phenols is 2. The summed E-state index contributed by atoms with van der Waals surface area (Å²) in [6.45, 7) is 3.50. The molecule has 0 radical (unpaired) electrons. The van der Waals surface area contributed by atoms with Crippen LogP contribution in [0.15, 0.2) is 65.6 Å². The normalized spacial score (nSPS) is 15.9. The van der Waals surface area contributed by atoms with Crippen molar-refractivity contribution in [2.75, 3.05) is 4.31 Å². The van der Waals surface area contributed by atoms with Gasteiger partial charge in [-0.2, -0.15) is 0 Å². The van der Waals surface area contributed by atoms with Gasteiger partial charge in [0.1, 0.15) is 11.5 Å². The molecule has 0 fully saturated rings. The van der Waals surface area contributed by atoms with Gasteiger partial charge in [-0.15, -0.1) is 0 Å². The molecule has 138 valence electrons. The Morgan fingerprint density at radius 3 is 2.41 bits per heavy atom. The molecule has 0 amide bonds. The van der Waals surface area contributed by atoms with Crippen molar-refractivity contribution < 1.29 is 18.6 Å². The lowest BCUT2D eigenvalue weighted by atomic mass is 9.90. The van der Waals surface area contributed by atoms with Crippen LogP contribution in [0.2, 0.25) is 0 Å². The van der Waals surface area contributed by atoms with E-state index in [-0.39, 0.29) is 16.4 Å². The summed E-state index contributed by atoms with van der Waals surface area (Å²) in [7, 11) is -3.86. The van der Waals surface area contributed by atoms with Crippen molar-refractivity contribution >= 4 is 15.7 Å². The van der Waals surface area contributed by atoms with Crippen molar-refractivity contribution in [2.24, 2.45) is 0 Å². The van der Waals surface area contributed by atoms with Gasteiger partial charge >= 0.3 is 0 Å². The van der Waals surface area contributed by atoms with Crippen LogP contribution < -0.4 is 4.31 Å². The van der Waals surface area contributed by atoms with Gasteiger partial charge in [0, 0.05) is 5.56 Å². The third kappa shape index (κ3) is 2.64. The highest BCUT2D eigenvalue weighted by Gasteiger charge is 2.36. The zero-order valence-corrected chi connectivity index (χ0v) is 15.7. The maximum absolute atomic E-state index is 13.5. The number of benzene rings is 3. The largest absolute Gasteiger partial charge is 0.508 e. The number of aryl methyl sites for hydroxylation is 1. The van der Waals surface area contributed by atoms with Crippen molar-refractivity contribution in [2.45, 2.75) is 24.8 Å². The zero-order chi connectivity index (χ0) is 19.3. The molecule has 6 heteroatoms. The predicted octanol–water partition coefficient (Wildman–Crippen LogP) is 4.34. The first kappa shape index (κ1) is 17.4. The van der Waals surface area contributed by atoms with E-state index in [1.54, 1.807) is 37.3 Å². The van der Waals surface area contributed by atoms with Gasteiger partial charge in [-0.25, -0.2) is 8.42 Å². The zero-order valence-electron chi connectivity index (χ0n) is 14.9. The Bertz CT molecular complexity index is 1150. The standard InChI is InChI=1S/C21H19NO4S/c1-13-11-16(8-10-21(13)24)27(25,26)22-14(2)17-9-7-15(23)12-19(17)18-5-3-4-6-20(18)22/h3-12,14,23-24H,1-2H3. The van der Waals surface area contributed by atoms with E-state index in [0.29, 0.717) is 11.3 Å². The fourth-order valence-electron chi connectivity index (χ4n) is 3.61. The molecule has 27 heavy (non-hydrogen) atoms. The van der Waals surface area contributed by atoms with E-state index in [1.165, 1.54) is 22.5 Å². The second-order valence-corrected chi connectivity index (χ2v) is 8.53. The first-order valence-corrected chi connectivity index (χ1v) is 10.0. The van der Waals surface area contributed by atoms with Gasteiger partial charge in [0.2, 0.25) is 0 Å². The minimum absolute atomic E-state index is 0.0573. The molecule has 0 bridgehead atoms. The number of fused-ring (bicyclic) bond motifs is 3. The Labute approximate surface area is 158 Å². The topological polar surface area (TPSA) is 77.8 Å². The Balaban J connectivity index is 1.96. The second-order valence-electron chi connectivity index (χ2n) is 6.71. The number of anilines is 1. The average molecular weight is 381 g/mol. The first-order valence-electron chi connectivity index (χ1n) is 8.57. The van der Waals surface area contributed by atoms with Gasteiger partial charge in [-0.1, -0.05) is 24.3 Å². The number of para-hydroxylation sites is 1. The second kappa shape index (κ2) is 6.03.